The van der Waals surface area contributed by atoms with Crippen LogP contribution in [0.2, 0.25) is 0 Å². The Morgan fingerprint density at radius 1 is 1.00 bits per heavy atom. The average molecular weight is 226 g/mol. The van der Waals surface area contributed by atoms with Crippen LogP contribution in [0.3, 0.4) is 0 Å². The summed E-state index contributed by atoms with van der Waals surface area (Å²) >= 11 is 0. The minimum atomic E-state index is 0.732. The van der Waals surface area contributed by atoms with Gasteiger partial charge in [-0.3, -0.25) is 5.41 Å². The fourth-order valence-corrected chi connectivity index (χ4v) is 1.60. The lowest BCUT2D eigenvalue weighted by atomic mass is 10.1. The summed E-state index contributed by atoms with van der Waals surface area (Å²) in [5.74, 6) is 2.30. The Hall–Kier alpha value is -0.530. The third-order valence-electron chi connectivity index (χ3n) is 2.82. The fourth-order valence-electron chi connectivity index (χ4n) is 1.60. The minimum Gasteiger partial charge on any atom is -0.361 e. The predicted octanol–water partition coefficient (Wildman–Crippen LogP) is 4.16. The van der Waals surface area contributed by atoms with Gasteiger partial charge in [-0.25, -0.2) is 0 Å². The first-order valence-electron chi connectivity index (χ1n) is 6.79. The molecule has 0 aliphatic rings. The Bertz CT molecular complexity index is 173. The van der Waals surface area contributed by atoms with E-state index in [0.717, 1.165) is 43.6 Å². The van der Waals surface area contributed by atoms with Crippen molar-refractivity contribution in [1.29, 1.82) is 5.41 Å². The average Bonchev–Trinajstić information content (AvgIpc) is 2.17. The van der Waals surface area contributed by atoms with Gasteiger partial charge in [-0.15, -0.1) is 0 Å². The minimum absolute atomic E-state index is 0.732. The fraction of sp³-hybridized carbons (Fsp3) is 0.929. The monoisotopic (exact) mass is 226 g/mol. The molecule has 1 N–H and O–H groups in total. The van der Waals surface area contributed by atoms with E-state index in [1.165, 1.54) is 12.8 Å². The molecular weight excluding hydrogens is 196 g/mol. The number of nitrogens with zero attached hydrogens (tertiary/aromatic N) is 1. The summed E-state index contributed by atoms with van der Waals surface area (Å²) in [5.41, 5.74) is 0. The maximum absolute atomic E-state index is 8.06. The molecule has 0 aliphatic carbocycles. The van der Waals surface area contributed by atoms with Crippen LogP contribution in [0.4, 0.5) is 0 Å². The molecule has 2 nitrogen and oxygen atoms in total. The van der Waals surface area contributed by atoms with Crippen molar-refractivity contribution in [1.82, 2.24) is 4.90 Å². The number of hydrogen-bond donors (Lipinski definition) is 1. The zero-order valence-corrected chi connectivity index (χ0v) is 11.8. The topological polar surface area (TPSA) is 27.1 Å². The maximum Gasteiger partial charge on any atom is 0.0957 e. The molecule has 2 heteroatoms. The van der Waals surface area contributed by atoms with E-state index in [4.69, 9.17) is 5.41 Å². The van der Waals surface area contributed by atoms with E-state index in [1.54, 1.807) is 0 Å². The highest BCUT2D eigenvalue weighted by Crippen LogP contribution is 2.08. The van der Waals surface area contributed by atoms with Crippen LogP contribution in [-0.2, 0) is 0 Å². The second kappa shape index (κ2) is 8.60. The second-order valence-electron chi connectivity index (χ2n) is 5.55. The molecule has 16 heavy (non-hydrogen) atoms. The zero-order valence-electron chi connectivity index (χ0n) is 11.8. The Kier molecular flexibility index (Phi) is 8.32. The third kappa shape index (κ3) is 7.72. The quantitative estimate of drug-likeness (QED) is 0.488. The summed E-state index contributed by atoms with van der Waals surface area (Å²) in [4.78, 5) is 2.28. The van der Waals surface area contributed by atoms with Gasteiger partial charge in [0, 0.05) is 19.5 Å². The molecule has 0 bridgehead atoms. The third-order valence-corrected chi connectivity index (χ3v) is 2.82. The van der Waals surface area contributed by atoms with Crippen LogP contribution in [0.25, 0.3) is 0 Å². The molecule has 0 saturated carbocycles. The zero-order chi connectivity index (χ0) is 12.6. The van der Waals surface area contributed by atoms with E-state index in [9.17, 15) is 0 Å². The first-order valence-corrected chi connectivity index (χ1v) is 6.79. The number of hydrogen-bond acceptors (Lipinski definition) is 1. The summed E-state index contributed by atoms with van der Waals surface area (Å²) in [6, 6.07) is 0. The van der Waals surface area contributed by atoms with Gasteiger partial charge < -0.3 is 4.90 Å². The summed E-state index contributed by atoms with van der Waals surface area (Å²) < 4.78 is 0. The van der Waals surface area contributed by atoms with Gasteiger partial charge >= 0.3 is 0 Å². The van der Waals surface area contributed by atoms with Gasteiger partial charge in [0.15, 0.2) is 0 Å². The summed E-state index contributed by atoms with van der Waals surface area (Å²) in [7, 11) is 0. The molecular formula is C14H30N2. The number of amidine groups is 1. The molecule has 0 aliphatic heterocycles. The van der Waals surface area contributed by atoms with Gasteiger partial charge in [-0.05, 0) is 31.1 Å². The lowest BCUT2D eigenvalue weighted by molar-refractivity contribution is 0.346. The van der Waals surface area contributed by atoms with Crippen LogP contribution in [0.15, 0.2) is 0 Å². The van der Waals surface area contributed by atoms with Gasteiger partial charge in [0.05, 0.1) is 5.84 Å². The summed E-state index contributed by atoms with van der Waals surface area (Å²) in [6.07, 6.45) is 4.41. The molecule has 0 radical (unpaired) electrons. The van der Waals surface area contributed by atoms with Crippen LogP contribution in [0.1, 0.15) is 60.3 Å². The van der Waals surface area contributed by atoms with E-state index >= 15 is 0 Å². The van der Waals surface area contributed by atoms with Gasteiger partial charge in [-0.2, -0.15) is 0 Å². The normalized spacial score (nSPS) is 11.2. The van der Waals surface area contributed by atoms with Crippen molar-refractivity contribution in [2.24, 2.45) is 11.8 Å². The Morgan fingerprint density at radius 2 is 1.44 bits per heavy atom. The highest BCUT2D eigenvalue weighted by molar-refractivity contribution is 5.79. The lowest BCUT2D eigenvalue weighted by Crippen LogP contribution is -2.33. The molecule has 0 fully saturated rings. The van der Waals surface area contributed by atoms with E-state index in [1.807, 2.05) is 0 Å². The largest absolute Gasteiger partial charge is 0.361 e. The molecule has 0 unspecified atom stereocenters. The lowest BCUT2D eigenvalue weighted by Gasteiger charge is -2.26. The SMILES string of the molecule is CCCC(=N)N(CCC(C)C)CCC(C)C. The van der Waals surface area contributed by atoms with Crippen molar-refractivity contribution in [3.05, 3.63) is 0 Å². The highest BCUT2D eigenvalue weighted by Gasteiger charge is 2.10. The molecule has 0 atom stereocenters. The number of rotatable bonds is 8. The number of nitrogens with one attached hydrogen (secondary N) is 1. The van der Waals surface area contributed by atoms with Crippen molar-refractivity contribution in [3.63, 3.8) is 0 Å². The van der Waals surface area contributed by atoms with E-state index in [-0.39, 0.29) is 0 Å². The van der Waals surface area contributed by atoms with Crippen LogP contribution < -0.4 is 0 Å². The van der Waals surface area contributed by atoms with Crippen molar-refractivity contribution in [3.8, 4) is 0 Å². The molecule has 0 aromatic heterocycles. The maximum atomic E-state index is 8.06. The Balaban J connectivity index is 4.09. The molecule has 96 valence electrons. The molecule has 0 aromatic rings. The van der Waals surface area contributed by atoms with Crippen LogP contribution in [-0.4, -0.2) is 23.8 Å². The first kappa shape index (κ1) is 15.5. The van der Waals surface area contributed by atoms with E-state index < -0.39 is 0 Å². The Labute approximate surface area is 102 Å². The van der Waals surface area contributed by atoms with Crippen molar-refractivity contribution >= 4 is 5.84 Å². The smallest absolute Gasteiger partial charge is 0.0957 e. The molecule has 0 rings (SSSR count). The highest BCUT2D eigenvalue weighted by atomic mass is 15.2. The standard InChI is InChI=1S/C14H30N2/c1-6-7-14(15)16(10-8-12(2)3)11-9-13(4)5/h12-13,15H,6-11H2,1-5H3. The van der Waals surface area contributed by atoms with Crippen molar-refractivity contribution in [2.45, 2.75) is 60.3 Å². The molecule has 0 spiro atoms. The molecule has 0 saturated heterocycles. The molecule has 0 heterocycles. The van der Waals surface area contributed by atoms with Gasteiger partial charge in [0.25, 0.3) is 0 Å². The first-order chi connectivity index (χ1) is 7.47. The van der Waals surface area contributed by atoms with Gasteiger partial charge in [0.1, 0.15) is 0 Å². The predicted molar refractivity (Wildman–Crippen MR) is 73.1 cm³/mol. The van der Waals surface area contributed by atoms with Gasteiger partial charge in [0.2, 0.25) is 0 Å². The van der Waals surface area contributed by atoms with Crippen LogP contribution in [0.5, 0.6) is 0 Å². The second-order valence-corrected chi connectivity index (χ2v) is 5.55. The van der Waals surface area contributed by atoms with Crippen LogP contribution in [0, 0.1) is 17.2 Å². The Morgan fingerprint density at radius 3 is 1.75 bits per heavy atom. The van der Waals surface area contributed by atoms with E-state index in [0.29, 0.717) is 0 Å². The summed E-state index contributed by atoms with van der Waals surface area (Å²) in [6.45, 7) is 13.3. The summed E-state index contributed by atoms with van der Waals surface area (Å²) in [5, 5.41) is 8.06. The van der Waals surface area contributed by atoms with E-state index in [2.05, 4.69) is 39.5 Å². The van der Waals surface area contributed by atoms with Gasteiger partial charge in [-0.1, -0.05) is 34.6 Å². The van der Waals surface area contributed by atoms with Crippen molar-refractivity contribution < 1.29 is 0 Å². The molecule has 0 amide bonds. The molecule has 0 aromatic carbocycles. The van der Waals surface area contributed by atoms with Crippen LogP contribution >= 0.6 is 0 Å². The van der Waals surface area contributed by atoms with Crippen molar-refractivity contribution in [2.75, 3.05) is 13.1 Å².